The van der Waals surface area contributed by atoms with E-state index in [4.69, 9.17) is 4.74 Å². The summed E-state index contributed by atoms with van der Waals surface area (Å²) in [6, 6.07) is 3.74. The van der Waals surface area contributed by atoms with Gasteiger partial charge in [-0.3, -0.25) is 14.5 Å². The van der Waals surface area contributed by atoms with E-state index in [1.807, 2.05) is 0 Å². The van der Waals surface area contributed by atoms with Crippen molar-refractivity contribution in [2.75, 3.05) is 6.61 Å². The number of ether oxygens (including phenoxy) is 1. The lowest BCUT2D eigenvalue weighted by molar-refractivity contribution is -0.150. The lowest BCUT2D eigenvalue weighted by Gasteiger charge is -2.19. The predicted molar refractivity (Wildman–Crippen MR) is 89.7 cm³/mol. The first-order valence-corrected chi connectivity index (χ1v) is 8.38. The van der Waals surface area contributed by atoms with E-state index in [-0.39, 0.29) is 17.3 Å². The van der Waals surface area contributed by atoms with Crippen molar-refractivity contribution in [3.8, 4) is 5.75 Å². The molecule has 0 radical (unpaired) electrons. The molecule has 0 bridgehead atoms. The first-order chi connectivity index (χ1) is 10.8. The van der Waals surface area contributed by atoms with E-state index < -0.39 is 23.2 Å². The van der Waals surface area contributed by atoms with E-state index in [2.05, 4.69) is 15.9 Å². The molecule has 23 heavy (non-hydrogen) atoms. The average Bonchev–Trinajstić information content (AvgIpc) is 2.77. The molecule has 2 amide bonds. The summed E-state index contributed by atoms with van der Waals surface area (Å²) < 4.78 is 5.32. The van der Waals surface area contributed by atoms with Crippen LogP contribution in [0.15, 0.2) is 27.6 Å². The number of aromatic hydroxyl groups is 1. The van der Waals surface area contributed by atoms with Crippen LogP contribution in [-0.4, -0.2) is 39.8 Å². The van der Waals surface area contributed by atoms with Crippen LogP contribution < -0.4 is 0 Å². The molecule has 1 fully saturated rings. The minimum absolute atomic E-state index is 0.0752. The summed E-state index contributed by atoms with van der Waals surface area (Å²) in [5.41, 5.74) is 0.643. The second-order valence-electron chi connectivity index (χ2n) is 4.69. The van der Waals surface area contributed by atoms with Crippen molar-refractivity contribution in [2.24, 2.45) is 0 Å². The van der Waals surface area contributed by atoms with E-state index in [1.54, 1.807) is 19.1 Å². The van der Waals surface area contributed by atoms with Gasteiger partial charge in [0.1, 0.15) is 11.8 Å². The monoisotopic (exact) mass is 399 g/mol. The second-order valence-corrected chi connectivity index (χ2v) is 6.54. The minimum Gasteiger partial charge on any atom is -0.507 e. The predicted octanol–water partition coefficient (Wildman–Crippen LogP) is 3.14. The number of carbonyl (C=O) groups excluding carboxylic acids is 3. The number of rotatable bonds is 4. The second kappa shape index (κ2) is 7.18. The number of hydrogen-bond donors (Lipinski definition) is 1. The number of phenolic OH excluding ortho intramolecular Hbond substituents is 1. The van der Waals surface area contributed by atoms with Gasteiger partial charge in [-0.15, -0.1) is 0 Å². The maximum atomic E-state index is 12.4. The molecule has 1 saturated heterocycles. The molecule has 0 spiro atoms. The van der Waals surface area contributed by atoms with Gasteiger partial charge in [-0.2, -0.15) is 0 Å². The van der Waals surface area contributed by atoms with Crippen molar-refractivity contribution in [3.05, 3.63) is 33.1 Å². The summed E-state index contributed by atoms with van der Waals surface area (Å²) in [6.07, 6.45) is 1.53. The van der Waals surface area contributed by atoms with Crippen LogP contribution >= 0.6 is 27.7 Å². The molecule has 1 aliphatic rings. The Morgan fingerprint density at radius 1 is 1.48 bits per heavy atom. The number of nitrogens with zero attached hydrogens (tertiary/aromatic N) is 1. The van der Waals surface area contributed by atoms with Gasteiger partial charge in [0, 0.05) is 0 Å². The van der Waals surface area contributed by atoms with Crippen LogP contribution in [0.3, 0.4) is 0 Å². The summed E-state index contributed by atoms with van der Waals surface area (Å²) >= 11 is 3.95. The SMILES string of the molecule is CCOC(=O)[C@@H](C)N1C(=O)S/C(=C/c2ccc(O)c(Br)c2)C1=O. The van der Waals surface area contributed by atoms with Crippen molar-refractivity contribution in [2.45, 2.75) is 19.9 Å². The Kier molecular flexibility index (Phi) is 5.48. The van der Waals surface area contributed by atoms with Crippen molar-refractivity contribution in [1.29, 1.82) is 0 Å². The van der Waals surface area contributed by atoms with E-state index in [9.17, 15) is 19.5 Å². The number of halogens is 1. The zero-order valence-corrected chi connectivity index (χ0v) is 14.8. The average molecular weight is 400 g/mol. The number of hydrogen-bond acceptors (Lipinski definition) is 6. The fourth-order valence-electron chi connectivity index (χ4n) is 1.95. The molecule has 1 atom stereocenters. The molecule has 1 aromatic rings. The summed E-state index contributed by atoms with van der Waals surface area (Å²) in [4.78, 5) is 37.2. The number of esters is 1. The quantitative estimate of drug-likeness (QED) is 0.618. The summed E-state index contributed by atoms with van der Waals surface area (Å²) in [7, 11) is 0. The van der Waals surface area contributed by atoms with Gasteiger partial charge in [-0.05, 0) is 65.3 Å². The highest BCUT2D eigenvalue weighted by Gasteiger charge is 2.41. The third kappa shape index (κ3) is 3.76. The smallest absolute Gasteiger partial charge is 0.329 e. The molecule has 2 rings (SSSR count). The molecule has 1 aromatic carbocycles. The fraction of sp³-hybridized carbons (Fsp3) is 0.267. The zero-order chi connectivity index (χ0) is 17.1. The molecular weight excluding hydrogens is 386 g/mol. The van der Waals surface area contributed by atoms with E-state index in [1.165, 1.54) is 19.1 Å². The van der Waals surface area contributed by atoms with Gasteiger partial charge in [-0.25, -0.2) is 4.79 Å². The van der Waals surface area contributed by atoms with Crippen LogP contribution in [0.1, 0.15) is 19.4 Å². The molecule has 0 aromatic heterocycles. The number of imide groups is 1. The maximum Gasteiger partial charge on any atom is 0.329 e. The van der Waals surface area contributed by atoms with Crippen molar-refractivity contribution < 1.29 is 24.2 Å². The standard InChI is InChI=1S/C15H14BrNO5S/c1-3-22-14(20)8(2)17-13(19)12(23-15(17)21)7-9-4-5-11(18)10(16)6-9/h4-8,18H,3H2,1-2H3/b12-7+/t8-/m1/s1. The molecule has 0 saturated carbocycles. The van der Waals surface area contributed by atoms with Crippen molar-refractivity contribution >= 4 is 50.9 Å². The van der Waals surface area contributed by atoms with Crippen molar-refractivity contribution in [3.63, 3.8) is 0 Å². The van der Waals surface area contributed by atoms with Gasteiger partial charge in [0.15, 0.2) is 0 Å². The normalized spacial score (nSPS) is 17.7. The Morgan fingerprint density at radius 2 is 2.17 bits per heavy atom. The number of benzene rings is 1. The van der Waals surface area contributed by atoms with E-state index in [0.29, 0.717) is 10.0 Å². The number of thioether (sulfide) groups is 1. The first kappa shape index (κ1) is 17.6. The fourth-order valence-corrected chi connectivity index (χ4v) is 3.25. The van der Waals surface area contributed by atoms with Crippen LogP contribution in [0.2, 0.25) is 0 Å². The van der Waals surface area contributed by atoms with Crippen LogP contribution in [0.4, 0.5) is 4.79 Å². The Labute approximate surface area is 145 Å². The molecule has 1 N–H and O–H groups in total. The third-order valence-corrected chi connectivity index (χ3v) is 4.63. The van der Waals surface area contributed by atoms with Gasteiger partial charge in [0.25, 0.3) is 11.1 Å². The Bertz CT molecular complexity index is 703. The maximum absolute atomic E-state index is 12.4. The molecule has 8 heteroatoms. The molecule has 6 nitrogen and oxygen atoms in total. The number of amides is 2. The van der Waals surface area contributed by atoms with Crippen LogP contribution in [0.25, 0.3) is 6.08 Å². The number of phenols is 1. The van der Waals surface area contributed by atoms with Crippen LogP contribution in [0.5, 0.6) is 5.75 Å². The summed E-state index contributed by atoms with van der Waals surface area (Å²) in [6.45, 7) is 3.28. The highest BCUT2D eigenvalue weighted by atomic mass is 79.9. The van der Waals surface area contributed by atoms with Crippen molar-refractivity contribution in [1.82, 2.24) is 4.90 Å². The molecular formula is C15H14BrNO5S. The molecule has 1 heterocycles. The zero-order valence-electron chi connectivity index (χ0n) is 12.4. The van der Waals surface area contributed by atoms with E-state index in [0.717, 1.165) is 16.7 Å². The molecule has 0 unspecified atom stereocenters. The first-order valence-electron chi connectivity index (χ1n) is 6.77. The highest BCUT2D eigenvalue weighted by molar-refractivity contribution is 9.10. The molecule has 122 valence electrons. The summed E-state index contributed by atoms with van der Waals surface area (Å²) in [5, 5.41) is 8.96. The largest absolute Gasteiger partial charge is 0.507 e. The van der Waals surface area contributed by atoms with Gasteiger partial charge < -0.3 is 9.84 Å². The van der Waals surface area contributed by atoms with Crippen LogP contribution in [0, 0.1) is 0 Å². The number of carbonyl (C=O) groups is 3. The van der Waals surface area contributed by atoms with Gasteiger partial charge in [-0.1, -0.05) is 6.07 Å². The Hall–Kier alpha value is -1.80. The Morgan fingerprint density at radius 3 is 2.78 bits per heavy atom. The third-order valence-electron chi connectivity index (χ3n) is 3.11. The minimum atomic E-state index is -0.972. The van der Waals surface area contributed by atoms with Gasteiger partial charge >= 0.3 is 5.97 Å². The Balaban J connectivity index is 2.25. The summed E-state index contributed by atoms with van der Waals surface area (Å²) in [5.74, 6) is -1.08. The molecule has 1 aliphatic heterocycles. The van der Waals surface area contributed by atoms with E-state index >= 15 is 0 Å². The van der Waals surface area contributed by atoms with Crippen LogP contribution in [-0.2, 0) is 14.3 Å². The lowest BCUT2D eigenvalue weighted by Crippen LogP contribution is -2.42. The lowest BCUT2D eigenvalue weighted by atomic mass is 10.2. The van der Waals surface area contributed by atoms with Gasteiger partial charge in [0.2, 0.25) is 0 Å². The van der Waals surface area contributed by atoms with Gasteiger partial charge in [0.05, 0.1) is 16.0 Å². The highest BCUT2D eigenvalue weighted by Crippen LogP contribution is 2.34. The molecule has 0 aliphatic carbocycles. The topological polar surface area (TPSA) is 83.9 Å².